The lowest BCUT2D eigenvalue weighted by atomic mass is 9.86. The monoisotopic (exact) mass is 639 g/mol. The topological polar surface area (TPSA) is 13.1 Å². The van der Waals surface area contributed by atoms with E-state index in [1.807, 2.05) is 54.6 Å². The number of benzene rings is 9. The van der Waals surface area contributed by atoms with Crippen molar-refractivity contribution < 1.29 is 27.7 Å². The third-order valence-corrected chi connectivity index (χ3v) is 8.85. The Hall–Kier alpha value is -6.44. The Labute approximate surface area is 308 Å². The zero-order valence-corrected chi connectivity index (χ0v) is 25.4. The molecule has 0 saturated carbocycles. The van der Waals surface area contributed by atoms with Gasteiger partial charge in [-0.05, 0) is 101 Å². The molecule has 0 atom stereocenters. The van der Waals surface area contributed by atoms with Gasteiger partial charge in [-0.3, -0.25) is 0 Å². The molecule has 1 heterocycles. The summed E-state index contributed by atoms with van der Waals surface area (Å²) in [6.07, 6.45) is 0. The molecule has 0 radical (unpaired) electrons. The summed E-state index contributed by atoms with van der Waals surface area (Å²) < 4.78 is 159. The molecule has 0 spiro atoms. The molecule has 1 heteroatoms. The Balaban J connectivity index is 1.28. The average Bonchev–Trinajstić information content (AvgIpc) is 3.70. The van der Waals surface area contributed by atoms with Crippen molar-refractivity contribution >= 4 is 54.3 Å². The molecule has 9 aromatic carbocycles. The van der Waals surface area contributed by atoms with Crippen LogP contribution in [0.1, 0.15) is 23.3 Å². The highest BCUT2D eigenvalue weighted by Gasteiger charge is 2.17. The molecule has 0 N–H and O–H groups in total. The fourth-order valence-corrected chi connectivity index (χ4v) is 6.66. The maximum absolute atomic E-state index is 9.52. The first-order chi connectivity index (χ1) is 31.4. The van der Waals surface area contributed by atoms with Gasteiger partial charge in [0.05, 0.1) is 23.3 Å². The van der Waals surface area contributed by atoms with Crippen molar-refractivity contribution in [1.82, 2.24) is 0 Å². The summed E-state index contributed by atoms with van der Waals surface area (Å²) in [5.41, 5.74) is 0.734. The second kappa shape index (κ2) is 11.1. The van der Waals surface area contributed by atoms with Crippen LogP contribution in [0.5, 0.6) is 0 Å². The summed E-state index contributed by atoms with van der Waals surface area (Å²) in [4.78, 5) is 0. The van der Waals surface area contributed by atoms with Gasteiger partial charge in [0, 0.05) is 10.8 Å². The first-order valence-corrected chi connectivity index (χ1v) is 15.5. The van der Waals surface area contributed by atoms with Crippen LogP contribution in [0.25, 0.3) is 98.8 Å². The van der Waals surface area contributed by atoms with Crippen molar-refractivity contribution in [2.24, 2.45) is 0 Å². The van der Waals surface area contributed by atoms with E-state index in [4.69, 9.17) is 16.8 Å². The molecular formula is C48H30O. The van der Waals surface area contributed by atoms with Crippen LogP contribution in [-0.2, 0) is 0 Å². The maximum atomic E-state index is 9.52. The molecule has 0 amide bonds. The van der Waals surface area contributed by atoms with Crippen molar-refractivity contribution in [1.29, 1.82) is 0 Å². The number of hydrogen-bond acceptors (Lipinski definition) is 1. The standard InChI is InChI=1S/C48H30O/c1-2-12-33(13-3-1)46-39-15-6-8-17-41(39)47(42-18-9-7-16-40(42)46)34-24-21-32(22-25-34)36-27-28-43-45(30-36)49-44-20-10-19-38(48(43)44)37-26-23-31-11-4-5-14-35(31)29-37/h1-30H/i1D,2D,3D,6D,7D,8D,9D,12D,13D,15D,16D,17D,18D,21D,22D,24D,25D. The van der Waals surface area contributed by atoms with E-state index in [0.717, 1.165) is 32.7 Å². The van der Waals surface area contributed by atoms with E-state index >= 15 is 0 Å². The van der Waals surface area contributed by atoms with E-state index in [9.17, 15) is 11.0 Å². The second-order valence-electron chi connectivity index (χ2n) is 11.6. The second-order valence-corrected chi connectivity index (χ2v) is 11.6. The fourth-order valence-electron chi connectivity index (χ4n) is 6.66. The zero-order valence-electron chi connectivity index (χ0n) is 42.4. The van der Waals surface area contributed by atoms with Crippen LogP contribution >= 0.6 is 0 Å². The Morgan fingerprint density at radius 3 is 1.65 bits per heavy atom. The van der Waals surface area contributed by atoms with Crippen LogP contribution in [0.2, 0.25) is 0 Å². The minimum atomic E-state index is -0.826. The highest BCUT2D eigenvalue weighted by molar-refractivity contribution is 6.21. The molecular weight excluding hydrogens is 593 g/mol. The molecule has 228 valence electrons. The van der Waals surface area contributed by atoms with Gasteiger partial charge < -0.3 is 4.42 Å². The predicted molar refractivity (Wildman–Crippen MR) is 208 cm³/mol. The molecule has 0 aliphatic heterocycles. The van der Waals surface area contributed by atoms with Crippen molar-refractivity contribution in [3.63, 3.8) is 0 Å². The number of fused-ring (bicyclic) bond motifs is 6. The molecule has 49 heavy (non-hydrogen) atoms. The van der Waals surface area contributed by atoms with E-state index in [1.54, 1.807) is 18.2 Å². The fraction of sp³-hybridized carbons (Fsp3) is 0. The first-order valence-electron chi connectivity index (χ1n) is 24.0. The van der Waals surface area contributed by atoms with Gasteiger partial charge in [0.25, 0.3) is 0 Å². The van der Waals surface area contributed by atoms with E-state index in [1.165, 1.54) is 0 Å². The van der Waals surface area contributed by atoms with Crippen molar-refractivity contribution in [3.8, 4) is 44.5 Å². The first kappa shape index (κ1) is 15.6. The van der Waals surface area contributed by atoms with Crippen LogP contribution in [0.4, 0.5) is 0 Å². The minimum Gasteiger partial charge on any atom is -0.456 e. The van der Waals surface area contributed by atoms with Gasteiger partial charge in [0.15, 0.2) is 0 Å². The van der Waals surface area contributed by atoms with Crippen molar-refractivity contribution in [3.05, 3.63) is 182 Å². The Bertz CT molecular complexity index is 3720. The molecule has 1 aromatic heterocycles. The molecule has 10 rings (SSSR count). The van der Waals surface area contributed by atoms with Crippen LogP contribution < -0.4 is 0 Å². The van der Waals surface area contributed by atoms with Gasteiger partial charge in [0.1, 0.15) is 11.2 Å². The van der Waals surface area contributed by atoms with Gasteiger partial charge in [0.2, 0.25) is 0 Å². The SMILES string of the molecule is [2H]c1c([2H])c([2H])c(-c2c3c([2H])c([2H])c([2H])c([2H])c3c(-c3c([2H])c([2H])c(-c4ccc5c(c4)oc4cccc(-c6ccc7ccccc7c6)c45)c([2H])c3[2H])c3c([2H])c([2H])c([2H])c([2H])c23)c([2H])c1[2H]. The van der Waals surface area contributed by atoms with Crippen LogP contribution in [0.15, 0.2) is 186 Å². The summed E-state index contributed by atoms with van der Waals surface area (Å²) in [6, 6.07) is 11.7. The van der Waals surface area contributed by atoms with Gasteiger partial charge in [-0.2, -0.15) is 0 Å². The molecule has 1 nitrogen and oxygen atoms in total. The van der Waals surface area contributed by atoms with Crippen LogP contribution in [0.3, 0.4) is 0 Å². The van der Waals surface area contributed by atoms with Crippen LogP contribution in [0, 0.1) is 0 Å². The van der Waals surface area contributed by atoms with Gasteiger partial charge >= 0.3 is 0 Å². The third kappa shape index (κ3) is 4.47. The van der Waals surface area contributed by atoms with Crippen LogP contribution in [-0.4, -0.2) is 0 Å². The zero-order chi connectivity index (χ0) is 47.1. The van der Waals surface area contributed by atoms with E-state index in [0.29, 0.717) is 11.2 Å². The molecule has 0 saturated heterocycles. The molecule has 0 aliphatic rings. The Kier molecular flexibility index (Phi) is 3.54. The number of rotatable bonds is 4. The highest BCUT2D eigenvalue weighted by atomic mass is 16.3. The van der Waals surface area contributed by atoms with E-state index < -0.39 is 147 Å². The maximum Gasteiger partial charge on any atom is 0.136 e. The minimum absolute atomic E-state index is 0.154. The normalized spacial score (nSPS) is 16.5. The molecule has 0 fully saturated rings. The summed E-state index contributed by atoms with van der Waals surface area (Å²) >= 11 is 0. The molecule has 10 aromatic rings. The van der Waals surface area contributed by atoms with Gasteiger partial charge in [-0.15, -0.1) is 0 Å². The lowest BCUT2D eigenvalue weighted by molar-refractivity contribution is 0.669. The van der Waals surface area contributed by atoms with Gasteiger partial charge in [-0.1, -0.05) is 157 Å². The van der Waals surface area contributed by atoms with E-state index in [2.05, 4.69) is 6.07 Å². The molecule has 0 bridgehead atoms. The number of hydrogen-bond donors (Lipinski definition) is 0. The smallest absolute Gasteiger partial charge is 0.136 e. The Morgan fingerprint density at radius 1 is 0.367 bits per heavy atom. The average molecular weight is 640 g/mol. The molecule has 0 aliphatic carbocycles. The van der Waals surface area contributed by atoms with Gasteiger partial charge in [-0.25, -0.2) is 0 Å². The van der Waals surface area contributed by atoms with Crippen molar-refractivity contribution in [2.75, 3.05) is 0 Å². The van der Waals surface area contributed by atoms with Crippen molar-refractivity contribution in [2.45, 2.75) is 0 Å². The summed E-state index contributed by atoms with van der Waals surface area (Å²) in [6.45, 7) is 0. The molecule has 0 unspecified atom stereocenters. The number of furan rings is 1. The quantitative estimate of drug-likeness (QED) is 0.175. The summed E-state index contributed by atoms with van der Waals surface area (Å²) in [7, 11) is 0. The van der Waals surface area contributed by atoms with E-state index in [-0.39, 0.29) is 11.1 Å². The third-order valence-electron chi connectivity index (χ3n) is 8.85. The largest absolute Gasteiger partial charge is 0.456 e. The lowest BCUT2D eigenvalue weighted by Crippen LogP contribution is -1.90. The lowest BCUT2D eigenvalue weighted by Gasteiger charge is -2.18. The predicted octanol–water partition coefficient (Wildman–Crippen LogP) is 13.7. The summed E-state index contributed by atoms with van der Waals surface area (Å²) in [5.74, 6) is 0. The Morgan fingerprint density at radius 2 is 0.959 bits per heavy atom. The summed E-state index contributed by atoms with van der Waals surface area (Å²) in [5, 5.41) is 1.62. The highest BCUT2D eigenvalue weighted by Crippen LogP contribution is 2.44.